The van der Waals surface area contributed by atoms with Gasteiger partial charge in [-0.15, -0.1) is 0 Å². The van der Waals surface area contributed by atoms with Crippen molar-refractivity contribution in [2.75, 3.05) is 32.8 Å². The summed E-state index contributed by atoms with van der Waals surface area (Å²) in [7, 11) is -3.91. The zero-order valence-corrected chi connectivity index (χ0v) is 31.5. The van der Waals surface area contributed by atoms with Gasteiger partial charge in [0.1, 0.15) is 24.1 Å². The molecular formula is C37H51ClN4O10S. The molecule has 1 aliphatic carbocycles. The van der Waals surface area contributed by atoms with E-state index in [2.05, 4.69) is 15.6 Å². The maximum Gasteiger partial charge on any atom is 0.314 e. The van der Waals surface area contributed by atoms with Gasteiger partial charge in [-0.3, -0.25) is 4.98 Å². The summed E-state index contributed by atoms with van der Waals surface area (Å²) >= 11 is 6.48. The molecular weight excluding hydrogens is 728 g/mol. The molecule has 7 N–H and O–H groups in total. The fourth-order valence-electron chi connectivity index (χ4n) is 5.56. The minimum atomic E-state index is -3.91. The highest BCUT2D eigenvalue weighted by atomic mass is 35.5. The number of pyridine rings is 1. The highest BCUT2D eigenvalue weighted by Crippen LogP contribution is 2.36. The molecule has 0 bridgehead atoms. The van der Waals surface area contributed by atoms with Gasteiger partial charge in [-0.2, -0.15) is 4.31 Å². The Labute approximate surface area is 315 Å². The zero-order chi connectivity index (χ0) is 38.5. The van der Waals surface area contributed by atoms with E-state index in [9.17, 15) is 33.6 Å². The molecule has 1 heterocycles. The molecule has 0 aliphatic heterocycles. The lowest BCUT2D eigenvalue weighted by Gasteiger charge is -2.26. The molecule has 1 aliphatic rings. The summed E-state index contributed by atoms with van der Waals surface area (Å²) in [5.74, 6) is 0.843. The first-order chi connectivity index (χ1) is 25.3. The van der Waals surface area contributed by atoms with E-state index < -0.39 is 53.6 Å². The maximum absolute atomic E-state index is 13.8. The molecule has 1 fully saturated rings. The van der Waals surface area contributed by atoms with E-state index in [1.54, 1.807) is 26.1 Å². The Kier molecular flexibility index (Phi) is 16.3. The Hall–Kier alpha value is -3.38. The average Bonchev–Trinajstić information content (AvgIpc) is 3.97. The largest absolute Gasteiger partial charge is 0.490 e. The number of benzene rings is 2. The molecule has 3 aromatic rings. The molecule has 14 nitrogen and oxygen atoms in total. The van der Waals surface area contributed by atoms with Crippen molar-refractivity contribution in [3.05, 3.63) is 77.1 Å². The van der Waals surface area contributed by atoms with E-state index in [1.807, 2.05) is 36.5 Å². The number of rotatable bonds is 22. The SMILES string of the molecule is CC(C)N(CCCCNC(=O)NC[C@H](O)[C@@H](O)[C@H](O)[C@H](O)CO)S(=O)(=O)c1ccc(Cl)c(COCCc2cnccc2-c2ccccc2OC2CC2)c1. The fourth-order valence-corrected chi connectivity index (χ4v) is 7.46. The summed E-state index contributed by atoms with van der Waals surface area (Å²) in [4.78, 5) is 16.5. The predicted molar refractivity (Wildman–Crippen MR) is 199 cm³/mol. The second kappa shape index (κ2) is 20.3. The van der Waals surface area contributed by atoms with Gasteiger partial charge in [0.05, 0.1) is 36.9 Å². The average molecular weight is 779 g/mol. The number of amides is 2. The molecule has 292 valence electrons. The molecule has 0 saturated heterocycles. The Morgan fingerprint density at radius 1 is 0.981 bits per heavy atom. The van der Waals surface area contributed by atoms with Crippen LogP contribution in [0.15, 0.2) is 65.8 Å². The van der Waals surface area contributed by atoms with Crippen molar-refractivity contribution in [3.63, 3.8) is 0 Å². The molecule has 53 heavy (non-hydrogen) atoms. The number of nitrogens with zero attached hydrogens (tertiary/aromatic N) is 2. The van der Waals surface area contributed by atoms with Crippen LogP contribution in [0.1, 0.15) is 50.7 Å². The number of nitrogens with one attached hydrogen (secondary N) is 2. The first-order valence-electron chi connectivity index (χ1n) is 17.7. The molecule has 2 aromatic carbocycles. The van der Waals surface area contributed by atoms with Gasteiger partial charge in [0.2, 0.25) is 10.0 Å². The van der Waals surface area contributed by atoms with Crippen LogP contribution in [0.4, 0.5) is 4.79 Å². The lowest BCUT2D eigenvalue weighted by Crippen LogP contribution is -2.50. The summed E-state index contributed by atoms with van der Waals surface area (Å²) < 4.78 is 41.1. The molecule has 0 radical (unpaired) electrons. The number of aliphatic hydroxyl groups excluding tert-OH is 5. The molecule has 1 aromatic heterocycles. The van der Waals surface area contributed by atoms with Crippen molar-refractivity contribution in [2.45, 2.75) is 94.0 Å². The minimum absolute atomic E-state index is 0.0888. The van der Waals surface area contributed by atoms with Crippen molar-refractivity contribution < 1.29 is 48.2 Å². The van der Waals surface area contributed by atoms with E-state index in [0.717, 1.165) is 35.3 Å². The van der Waals surface area contributed by atoms with E-state index in [1.165, 1.54) is 16.4 Å². The fraction of sp³-hybridized carbons (Fsp3) is 0.514. The van der Waals surface area contributed by atoms with Crippen molar-refractivity contribution in [1.29, 1.82) is 0 Å². The number of urea groups is 1. The number of aliphatic hydroxyl groups is 5. The molecule has 0 unspecified atom stereocenters. The predicted octanol–water partition coefficient (Wildman–Crippen LogP) is 2.62. The van der Waals surface area contributed by atoms with Gasteiger partial charge in [0, 0.05) is 48.7 Å². The van der Waals surface area contributed by atoms with Crippen LogP contribution >= 0.6 is 11.6 Å². The van der Waals surface area contributed by atoms with Crippen LogP contribution in [-0.4, -0.2) is 119 Å². The zero-order valence-electron chi connectivity index (χ0n) is 30.0. The number of hydrogen-bond acceptors (Lipinski definition) is 11. The van der Waals surface area contributed by atoms with Gasteiger partial charge in [-0.05, 0) is 93.0 Å². The number of sulfonamides is 1. The van der Waals surface area contributed by atoms with Crippen molar-refractivity contribution in [1.82, 2.24) is 19.9 Å². The first kappa shape index (κ1) is 42.4. The Balaban J connectivity index is 1.26. The van der Waals surface area contributed by atoms with E-state index in [-0.39, 0.29) is 36.7 Å². The number of carbonyl (C=O) groups excluding carboxylic acids is 1. The number of ether oxygens (including phenoxy) is 2. The van der Waals surface area contributed by atoms with Gasteiger partial charge < -0.3 is 45.6 Å². The Morgan fingerprint density at radius 2 is 1.72 bits per heavy atom. The highest BCUT2D eigenvalue weighted by molar-refractivity contribution is 7.89. The summed E-state index contributed by atoms with van der Waals surface area (Å²) in [5, 5.41) is 53.1. The third-order valence-corrected chi connectivity index (χ3v) is 11.2. The molecule has 4 atom stereocenters. The van der Waals surface area contributed by atoms with E-state index in [0.29, 0.717) is 36.5 Å². The first-order valence-corrected chi connectivity index (χ1v) is 19.6. The van der Waals surface area contributed by atoms with E-state index >= 15 is 0 Å². The molecule has 16 heteroatoms. The van der Waals surface area contributed by atoms with Gasteiger partial charge >= 0.3 is 6.03 Å². The Bertz CT molecular complexity index is 1730. The maximum atomic E-state index is 13.8. The third-order valence-electron chi connectivity index (χ3n) is 8.76. The van der Waals surface area contributed by atoms with Crippen LogP contribution in [0, 0.1) is 0 Å². The molecule has 4 rings (SSSR count). The van der Waals surface area contributed by atoms with Crippen LogP contribution in [0.25, 0.3) is 11.1 Å². The van der Waals surface area contributed by atoms with Crippen molar-refractivity contribution in [2.24, 2.45) is 0 Å². The topological polar surface area (TPSA) is 211 Å². The van der Waals surface area contributed by atoms with Gasteiger partial charge in [-0.1, -0.05) is 29.8 Å². The van der Waals surface area contributed by atoms with Crippen molar-refractivity contribution in [3.8, 4) is 16.9 Å². The Morgan fingerprint density at radius 3 is 2.43 bits per heavy atom. The monoisotopic (exact) mass is 778 g/mol. The van der Waals surface area contributed by atoms with Crippen LogP contribution in [-0.2, 0) is 27.8 Å². The number of para-hydroxylation sites is 1. The number of unbranched alkanes of at least 4 members (excludes halogenated alkanes) is 1. The van der Waals surface area contributed by atoms with Crippen LogP contribution in [0.2, 0.25) is 5.02 Å². The number of hydrogen-bond donors (Lipinski definition) is 7. The number of carbonyl (C=O) groups is 1. The van der Waals surface area contributed by atoms with Gasteiger partial charge in [-0.25, -0.2) is 13.2 Å². The summed E-state index contributed by atoms with van der Waals surface area (Å²) in [6.07, 6.45) is 0.561. The van der Waals surface area contributed by atoms with Crippen LogP contribution in [0.3, 0.4) is 0 Å². The smallest absolute Gasteiger partial charge is 0.314 e. The van der Waals surface area contributed by atoms with Gasteiger partial charge in [0.15, 0.2) is 0 Å². The molecule has 1 saturated carbocycles. The van der Waals surface area contributed by atoms with Crippen LogP contribution < -0.4 is 15.4 Å². The number of aromatic nitrogens is 1. The second-order valence-corrected chi connectivity index (χ2v) is 15.6. The third kappa shape index (κ3) is 12.3. The second-order valence-electron chi connectivity index (χ2n) is 13.3. The normalized spacial score (nSPS) is 15.6. The van der Waals surface area contributed by atoms with Gasteiger partial charge in [0.25, 0.3) is 0 Å². The lowest BCUT2D eigenvalue weighted by molar-refractivity contribution is -0.113. The summed E-state index contributed by atoms with van der Waals surface area (Å²) in [5.41, 5.74) is 3.55. The molecule has 2 amide bonds. The summed E-state index contributed by atoms with van der Waals surface area (Å²) in [6, 6.07) is 13.5. The number of halogens is 1. The minimum Gasteiger partial charge on any atom is -0.490 e. The quantitative estimate of drug-likeness (QED) is 0.0738. The standard InChI is InChI=1S/C37H51ClN4O10S/c1-24(2)42(17-6-5-15-40-37(48)41-21-32(44)35(46)36(47)33(45)22-43)53(49,50)28-11-12-31(38)26(19-28)23-51-18-14-25-20-39-16-13-29(25)30-7-3-4-8-34(30)52-27-9-10-27/h3-4,7-8,11-13,16,19-20,24,27,32-33,35-36,43-47H,5-6,9-10,14-15,17-18,21-23H2,1-2H3,(H2,40,41,48)/t32-,33+,35+,36+/m0/s1. The lowest BCUT2D eigenvalue weighted by atomic mass is 9.99. The van der Waals surface area contributed by atoms with Crippen LogP contribution in [0.5, 0.6) is 5.75 Å². The molecule has 0 spiro atoms. The van der Waals surface area contributed by atoms with E-state index in [4.69, 9.17) is 26.2 Å². The van der Waals surface area contributed by atoms with Crippen molar-refractivity contribution >= 4 is 27.7 Å². The summed E-state index contributed by atoms with van der Waals surface area (Å²) in [6.45, 7) is 3.17. The highest BCUT2D eigenvalue weighted by Gasteiger charge is 2.31.